The Morgan fingerprint density at radius 1 is 1.00 bits per heavy atom. The van der Waals surface area contributed by atoms with Crippen LogP contribution in [-0.2, 0) is 16.1 Å². The predicted molar refractivity (Wildman–Crippen MR) is 139 cm³/mol. The van der Waals surface area contributed by atoms with Crippen molar-refractivity contribution < 1.29 is 14.3 Å². The van der Waals surface area contributed by atoms with E-state index in [1.807, 2.05) is 66.7 Å². The highest BCUT2D eigenvalue weighted by atomic mass is 79.9. The molecule has 1 saturated carbocycles. The topological polar surface area (TPSA) is 58.6 Å². The Kier molecular flexibility index (Phi) is 8.22. The third-order valence-electron chi connectivity index (χ3n) is 6.49. The summed E-state index contributed by atoms with van der Waals surface area (Å²) in [7, 11) is 0. The van der Waals surface area contributed by atoms with E-state index in [0.717, 1.165) is 46.5 Å². The van der Waals surface area contributed by atoms with Crippen LogP contribution in [0.2, 0.25) is 0 Å². The number of carbonyl (C=O) groups is 2. The zero-order valence-electron chi connectivity index (χ0n) is 19.5. The van der Waals surface area contributed by atoms with Crippen LogP contribution in [0.25, 0.3) is 10.8 Å². The minimum Gasteiger partial charge on any atom is -0.483 e. The summed E-state index contributed by atoms with van der Waals surface area (Å²) in [4.78, 5) is 28.0. The van der Waals surface area contributed by atoms with Gasteiger partial charge in [-0.25, -0.2) is 0 Å². The van der Waals surface area contributed by atoms with Gasteiger partial charge in [-0.2, -0.15) is 0 Å². The molecule has 1 fully saturated rings. The number of amides is 2. The zero-order valence-corrected chi connectivity index (χ0v) is 21.1. The Morgan fingerprint density at radius 3 is 2.47 bits per heavy atom. The second-order valence-electron chi connectivity index (χ2n) is 8.91. The van der Waals surface area contributed by atoms with Crippen molar-refractivity contribution in [1.29, 1.82) is 0 Å². The number of hydrogen-bond acceptors (Lipinski definition) is 3. The Hall–Kier alpha value is -2.86. The van der Waals surface area contributed by atoms with Gasteiger partial charge in [0, 0.05) is 12.6 Å². The van der Waals surface area contributed by atoms with E-state index < -0.39 is 6.04 Å². The predicted octanol–water partition coefficient (Wildman–Crippen LogP) is 5.85. The SMILES string of the molecule is C[C@@H](C(=O)NC1CCCCC1)N(Cc1ccccc1)C(=O)COc1ccc2ccccc2c1Br. The molecule has 4 rings (SSSR count). The molecule has 0 spiro atoms. The van der Waals surface area contributed by atoms with Gasteiger partial charge in [0.25, 0.3) is 5.91 Å². The minimum absolute atomic E-state index is 0.108. The largest absolute Gasteiger partial charge is 0.483 e. The maximum Gasteiger partial charge on any atom is 0.261 e. The van der Waals surface area contributed by atoms with Crippen LogP contribution in [0.1, 0.15) is 44.6 Å². The average Bonchev–Trinajstić information content (AvgIpc) is 2.87. The van der Waals surface area contributed by atoms with Crippen LogP contribution in [0.3, 0.4) is 0 Å². The monoisotopic (exact) mass is 522 g/mol. The molecule has 178 valence electrons. The molecule has 0 aliphatic heterocycles. The molecular weight excluding hydrogens is 492 g/mol. The first-order valence-corrected chi connectivity index (χ1v) is 12.8. The van der Waals surface area contributed by atoms with Gasteiger partial charge in [0.15, 0.2) is 6.61 Å². The second kappa shape index (κ2) is 11.5. The van der Waals surface area contributed by atoms with Gasteiger partial charge in [-0.05, 0) is 58.1 Å². The Balaban J connectivity index is 1.48. The number of ether oxygens (including phenoxy) is 1. The van der Waals surface area contributed by atoms with Crippen molar-refractivity contribution in [2.45, 2.75) is 57.7 Å². The van der Waals surface area contributed by atoms with E-state index >= 15 is 0 Å². The molecule has 2 amide bonds. The fourth-order valence-corrected chi connectivity index (χ4v) is 5.09. The number of halogens is 1. The van der Waals surface area contributed by atoms with E-state index in [-0.39, 0.29) is 24.5 Å². The highest BCUT2D eigenvalue weighted by Gasteiger charge is 2.28. The molecule has 0 unspecified atom stereocenters. The van der Waals surface area contributed by atoms with Gasteiger partial charge < -0.3 is 15.0 Å². The maximum absolute atomic E-state index is 13.3. The quantitative estimate of drug-likeness (QED) is 0.403. The molecule has 0 saturated heterocycles. The van der Waals surface area contributed by atoms with Gasteiger partial charge in [0.1, 0.15) is 11.8 Å². The van der Waals surface area contributed by atoms with Crippen LogP contribution in [0.5, 0.6) is 5.75 Å². The van der Waals surface area contributed by atoms with Crippen LogP contribution >= 0.6 is 15.9 Å². The molecule has 1 N–H and O–H groups in total. The highest BCUT2D eigenvalue weighted by molar-refractivity contribution is 9.10. The van der Waals surface area contributed by atoms with Crippen LogP contribution in [0, 0.1) is 0 Å². The lowest BCUT2D eigenvalue weighted by atomic mass is 9.95. The van der Waals surface area contributed by atoms with Crippen LogP contribution in [0.4, 0.5) is 0 Å². The minimum atomic E-state index is -0.599. The lowest BCUT2D eigenvalue weighted by Crippen LogP contribution is -2.51. The summed E-state index contributed by atoms with van der Waals surface area (Å²) in [5.74, 6) is 0.268. The van der Waals surface area contributed by atoms with Gasteiger partial charge >= 0.3 is 0 Å². The molecule has 6 heteroatoms. The Labute approximate surface area is 209 Å². The Bertz CT molecular complexity index is 1130. The standard InChI is InChI=1S/C28H31BrN2O3/c1-20(28(33)30-23-13-6-3-7-14-23)31(18-21-10-4-2-5-11-21)26(32)19-34-25-17-16-22-12-8-9-15-24(22)27(25)29/h2,4-5,8-12,15-17,20,23H,3,6-7,13-14,18-19H2,1H3,(H,30,33)/t20-/m0/s1. The van der Waals surface area contributed by atoms with E-state index in [0.29, 0.717) is 12.3 Å². The van der Waals surface area contributed by atoms with Gasteiger partial charge in [-0.15, -0.1) is 0 Å². The maximum atomic E-state index is 13.3. The van der Waals surface area contributed by atoms with E-state index in [1.54, 1.807) is 11.8 Å². The molecule has 3 aromatic rings. The zero-order chi connectivity index (χ0) is 23.9. The molecule has 0 bridgehead atoms. The second-order valence-corrected chi connectivity index (χ2v) is 9.71. The summed E-state index contributed by atoms with van der Waals surface area (Å²) in [6.07, 6.45) is 5.51. The first-order valence-electron chi connectivity index (χ1n) is 12.0. The van der Waals surface area contributed by atoms with Crippen LogP contribution in [0.15, 0.2) is 71.2 Å². The molecule has 0 aromatic heterocycles. The first kappa shape index (κ1) is 24.3. The van der Waals surface area contributed by atoms with Gasteiger partial charge in [-0.3, -0.25) is 9.59 Å². The van der Waals surface area contributed by atoms with Crippen molar-refractivity contribution in [3.63, 3.8) is 0 Å². The molecule has 0 radical (unpaired) electrons. The molecule has 1 aliphatic rings. The van der Waals surface area contributed by atoms with Gasteiger partial charge in [0.05, 0.1) is 4.47 Å². The number of carbonyl (C=O) groups excluding carboxylic acids is 2. The summed E-state index contributed by atoms with van der Waals surface area (Å²) in [5.41, 5.74) is 0.972. The molecular formula is C28H31BrN2O3. The summed E-state index contributed by atoms with van der Waals surface area (Å²) in [6, 6.07) is 21.2. The molecule has 1 atom stereocenters. The van der Waals surface area contributed by atoms with E-state index in [9.17, 15) is 9.59 Å². The number of nitrogens with zero attached hydrogens (tertiary/aromatic N) is 1. The number of fused-ring (bicyclic) bond motifs is 1. The lowest BCUT2D eigenvalue weighted by molar-refractivity contribution is -0.142. The number of rotatable bonds is 8. The smallest absolute Gasteiger partial charge is 0.261 e. The third kappa shape index (κ3) is 5.98. The Morgan fingerprint density at radius 2 is 1.71 bits per heavy atom. The van der Waals surface area contributed by atoms with Crippen molar-refractivity contribution >= 4 is 38.5 Å². The van der Waals surface area contributed by atoms with Crippen molar-refractivity contribution in [2.75, 3.05) is 6.61 Å². The third-order valence-corrected chi connectivity index (χ3v) is 7.31. The summed E-state index contributed by atoms with van der Waals surface area (Å²) in [6.45, 7) is 2.00. The molecule has 1 aliphatic carbocycles. The summed E-state index contributed by atoms with van der Waals surface area (Å²) in [5, 5.41) is 5.27. The van der Waals surface area contributed by atoms with Crippen molar-refractivity contribution in [3.05, 3.63) is 76.8 Å². The summed E-state index contributed by atoms with van der Waals surface area (Å²) < 4.78 is 6.75. The first-order chi connectivity index (χ1) is 16.5. The van der Waals surface area contributed by atoms with Crippen molar-refractivity contribution in [2.24, 2.45) is 0 Å². The fraction of sp³-hybridized carbons (Fsp3) is 0.357. The molecule has 5 nitrogen and oxygen atoms in total. The fourth-order valence-electron chi connectivity index (χ4n) is 4.48. The van der Waals surface area contributed by atoms with Crippen molar-refractivity contribution in [1.82, 2.24) is 10.2 Å². The van der Waals surface area contributed by atoms with Crippen LogP contribution < -0.4 is 10.1 Å². The van der Waals surface area contributed by atoms with Gasteiger partial charge in [0.2, 0.25) is 5.91 Å². The van der Waals surface area contributed by atoms with E-state index in [2.05, 4.69) is 21.2 Å². The molecule has 0 heterocycles. The number of nitrogens with one attached hydrogen (secondary N) is 1. The molecule has 34 heavy (non-hydrogen) atoms. The van der Waals surface area contributed by atoms with E-state index in [4.69, 9.17) is 4.74 Å². The van der Waals surface area contributed by atoms with Crippen LogP contribution in [-0.4, -0.2) is 35.4 Å². The van der Waals surface area contributed by atoms with E-state index in [1.165, 1.54) is 6.42 Å². The van der Waals surface area contributed by atoms with Gasteiger partial charge in [-0.1, -0.05) is 79.9 Å². The molecule has 3 aromatic carbocycles. The van der Waals surface area contributed by atoms with Crippen molar-refractivity contribution in [3.8, 4) is 5.75 Å². The normalized spacial score (nSPS) is 15.0. The summed E-state index contributed by atoms with van der Waals surface area (Å²) >= 11 is 3.62. The number of benzene rings is 3. The highest BCUT2D eigenvalue weighted by Crippen LogP contribution is 2.33. The average molecular weight is 523 g/mol. The lowest BCUT2D eigenvalue weighted by Gasteiger charge is -2.31. The number of hydrogen-bond donors (Lipinski definition) is 1.